The van der Waals surface area contributed by atoms with Crippen molar-refractivity contribution in [3.63, 3.8) is 0 Å². The lowest BCUT2D eigenvalue weighted by Crippen LogP contribution is -2.39. The van der Waals surface area contributed by atoms with Crippen molar-refractivity contribution in [2.45, 2.75) is 24.5 Å². The molecule has 2 atom stereocenters. The number of amides is 2. The number of anilines is 1. The van der Waals surface area contributed by atoms with Crippen LogP contribution in [0, 0.1) is 17.7 Å². The molecule has 0 saturated carbocycles. The number of hydrogen-bond donors (Lipinski definition) is 3. The fourth-order valence-electron chi connectivity index (χ4n) is 4.60. The van der Waals surface area contributed by atoms with E-state index >= 15 is 0 Å². The predicted molar refractivity (Wildman–Crippen MR) is 177 cm³/mol. The molecule has 4 aromatic rings. The molecule has 8 nitrogen and oxygen atoms in total. The normalized spacial score (nSPS) is 14.6. The van der Waals surface area contributed by atoms with Crippen molar-refractivity contribution in [3.05, 3.63) is 126 Å². The molecule has 236 valence electrons. The fourth-order valence-corrected chi connectivity index (χ4v) is 5.45. The number of rotatable bonds is 14. The summed E-state index contributed by atoms with van der Waals surface area (Å²) < 4.78 is 24.7. The summed E-state index contributed by atoms with van der Waals surface area (Å²) in [5.74, 6) is 6.68. The first-order valence-corrected chi connectivity index (χ1v) is 15.7. The second-order valence-corrected chi connectivity index (χ2v) is 11.6. The molecule has 1 heterocycles. The number of carbonyl (C=O) groups is 2. The van der Waals surface area contributed by atoms with Crippen LogP contribution in [0.5, 0.6) is 11.5 Å². The topological polar surface area (TPSA) is 100 Å². The van der Waals surface area contributed by atoms with E-state index in [0.717, 1.165) is 40.7 Å². The van der Waals surface area contributed by atoms with Gasteiger partial charge in [-0.1, -0.05) is 54.3 Å². The van der Waals surface area contributed by atoms with Crippen LogP contribution in [0.3, 0.4) is 0 Å². The van der Waals surface area contributed by atoms with E-state index < -0.39 is 16.7 Å². The van der Waals surface area contributed by atoms with Gasteiger partial charge in [-0.05, 0) is 96.5 Å². The monoisotopic (exact) mass is 639 g/mol. The van der Waals surface area contributed by atoms with Crippen LogP contribution >= 0.6 is 11.8 Å². The summed E-state index contributed by atoms with van der Waals surface area (Å²) in [6.07, 6.45) is 0.0403. The van der Waals surface area contributed by atoms with Crippen molar-refractivity contribution < 1.29 is 28.6 Å². The van der Waals surface area contributed by atoms with Crippen LogP contribution in [-0.2, 0) is 17.8 Å². The molecule has 10 heteroatoms. The molecule has 0 aromatic heterocycles. The van der Waals surface area contributed by atoms with E-state index in [-0.39, 0.29) is 24.9 Å². The summed E-state index contributed by atoms with van der Waals surface area (Å²) in [6, 6.07) is 30.8. The average molecular weight is 640 g/mol. The van der Waals surface area contributed by atoms with Gasteiger partial charge in [0.2, 0.25) is 0 Å². The largest absolute Gasteiger partial charge is 0.491 e. The number of benzene rings is 4. The molecule has 5 rings (SSSR count). The summed E-state index contributed by atoms with van der Waals surface area (Å²) in [7, 11) is 0. The number of aliphatic hydroxyl groups excluding tert-OH is 1. The van der Waals surface area contributed by atoms with E-state index in [1.165, 1.54) is 12.1 Å². The van der Waals surface area contributed by atoms with Crippen molar-refractivity contribution in [1.29, 1.82) is 0 Å². The number of aliphatic hydroxyl groups is 1. The molecule has 1 aliphatic rings. The average Bonchev–Trinajstić information content (AvgIpc) is 3.42. The lowest BCUT2D eigenvalue weighted by molar-refractivity contribution is -0.118. The molecule has 1 fully saturated rings. The Bertz CT molecular complexity index is 1640. The van der Waals surface area contributed by atoms with Gasteiger partial charge in [0.15, 0.2) is 5.37 Å². The van der Waals surface area contributed by atoms with Crippen LogP contribution in [0.4, 0.5) is 14.9 Å². The van der Waals surface area contributed by atoms with E-state index in [4.69, 9.17) is 9.47 Å². The van der Waals surface area contributed by atoms with Gasteiger partial charge < -0.3 is 24.8 Å². The molecule has 1 unspecified atom stereocenters. The highest BCUT2D eigenvalue weighted by molar-refractivity contribution is 8.15. The van der Waals surface area contributed by atoms with Gasteiger partial charge in [-0.25, -0.2) is 4.39 Å². The second kappa shape index (κ2) is 16.5. The Kier molecular flexibility index (Phi) is 11.7. The minimum absolute atomic E-state index is 0.154. The van der Waals surface area contributed by atoms with Gasteiger partial charge >= 0.3 is 0 Å². The molecule has 0 spiro atoms. The molecule has 0 radical (unpaired) electrons. The molecule has 1 aliphatic heterocycles. The zero-order chi connectivity index (χ0) is 32.1. The van der Waals surface area contributed by atoms with Gasteiger partial charge in [0.1, 0.15) is 36.6 Å². The van der Waals surface area contributed by atoms with Gasteiger partial charge in [-0.3, -0.25) is 14.9 Å². The number of imide groups is 1. The Hall–Kier alpha value is -4.82. The summed E-state index contributed by atoms with van der Waals surface area (Å²) in [4.78, 5) is 26.1. The van der Waals surface area contributed by atoms with E-state index in [2.05, 4.69) is 22.5 Å². The SMILES string of the molecule is O=C1NC(=O)C(N(CC#Cc2ccc(F)cc2)c2ccc(CCNC[C@H](O)COc3ccc(OCc4ccccc4)cc3)cc2)S1. The van der Waals surface area contributed by atoms with Crippen molar-refractivity contribution in [1.82, 2.24) is 10.6 Å². The highest BCUT2D eigenvalue weighted by Gasteiger charge is 2.36. The lowest BCUT2D eigenvalue weighted by atomic mass is 10.1. The minimum atomic E-state index is -0.739. The molecule has 3 N–H and O–H groups in total. The summed E-state index contributed by atoms with van der Waals surface area (Å²) in [5.41, 5.74) is 3.56. The van der Waals surface area contributed by atoms with Crippen molar-refractivity contribution >= 4 is 28.6 Å². The minimum Gasteiger partial charge on any atom is -0.491 e. The zero-order valence-corrected chi connectivity index (χ0v) is 25.8. The van der Waals surface area contributed by atoms with Gasteiger partial charge in [-0.15, -0.1) is 0 Å². The van der Waals surface area contributed by atoms with Crippen molar-refractivity contribution in [2.24, 2.45) is 0 Å². The van der Waals surface area contributed by atoms with E-state index in [9.17, 15) is 19.1 Å². The lowest BCUT2D eigenvalue weighted by Gasteiger charge is -2.26. The Balaban J connectivity index is 1.05. The number of ether oxygens (including phenoxy) is 2. The highest BCUT2D eigenvalue weighted by atomic mass is 32.2. The highest BCUT2D eigenvalue weighted by Crippen LogP contribution is 2.28. The Morgan fingerprint density at radius 2 is 1.59 bits per heavy atom. The maximum Gasteiger partial charge on any atom is 0.288 e. The van der Waals surface area contributed by atoms with Gasteiger partial charge in [0.25, 0.3) is 11.1 Å². The smallest absolute Gasteiger partial charge is 0.288 e. The van der Waals surface area contributed by atoms with E-state index in [0.29, 0.717) is 31.0 Å². The number of carbonyl (C=O) groups excluding carboxylic acids is 2. The second-order valence-electron chi connectivity index (χ2n) is 10.5. The maximum atomic E-state index is 13.2. The van der Waals surface area contributed by atoms with Gasteiger partial charge in [-0.2, -0.15) is 0 Å². The van der Waals surface area contributed by atoms with Crippen LogP contribution in [0.15, 0.2) is 103 Å². The predicted octanol–water partition coefficient (Wildman–Crippen LogP) is 5.14. The first-order chi connectivity index (χ1) is 22.4. The maximum absolute atomic E-state index is 13.2. The Morgan fingerprint density at radius 1 is 0.891 bits per heavy atom. The third-order valence-electron chi connectivity index (χ3n) is 7.03. The van der Waals surface area contributed by atoms with Crippen molar-refractivity contribution in [3.8, 4) is 23.3 Å². The molecule has 1 saturated heterocycles. The quantitative estimate of drug-likeness (QED) is 0.129. The van der Waals surface area contributed by atoms with Gasteiger partial charge in [0, 0.05) is 17.8 Å². The molecule has 4 aromatic carbocycles. The van der Waals surface area contributed by atoms with Crippen molar-refractivity contribution in [2.75, 3.05) is 31.1 Å². The van der Waals surface area contributed by atoms with Crippen LogP contribution in [-0.4, -0.2) is 54.0 Å². The molecule has 46 heavy (non-hydrogen) atoms. The molecular weight excluding hydrogens is 605 g/mol. The number of nitrogens with one attached hydrogen (secondary N) is 2. The molecule has 2 amide bonds. The van der Waals surface area contributed by atoms with Crippen LogP contribution < -0.4 is 25.0 Å². The van der Waals surface area contributed by atoms with Crippen LogP contribution in [0.2, 0.25) is 0 Å². The standard InChI is InChI=1S/C36H34FN3O5S/c37-29-12-8-26(9-13-29)7-4-22-40(35-34(42)39-36(43)46-35)30-14-10-27(11-15-30)20-21-38-23-31(41)25-45-33-18-16-32(17-19-33)44-24-28-5-2-1-3-6-28/h1-3,5-6,8-19,31,35,38,41H,20-25H2,(H,39,42,43)/t31-,35?/m0/s1. The zero-order valence-electron chi connectivity index (χ0n) is 25.0. The van der Waals surface area contributed by atoms with Crippen LogP contribution in [0.25, 0.3) is 0 Å². The van der Waals surface area contributed by atoms with E-state index in [1.54, 1.807) is 17.0 Å². The Labute approximate surface area is 271 Å². The molecular formula is C36H34FN3O5S. The third-order valence-corrected chi connectivity index (χ3v) is 8.04. The first kappa shape index (κ1) is 32.6. The van der Waals surface area contributed by atoms with Crippen LogP contribution in [0.1, 0.15) is 16.7 Å². The first-order valence-electron chi connectivity index (χ1n) is 14.8. The summed E-state index contributed by atoms with van der Waals surface area (Å²) in [6.45, 7) is 1.86. The number of thioether (sulfide) groups is 1. The number of halogens is 1. The fraction of sp³-hybridized carbons (Fsp3) is 0.222. The summed E-state index contributed by atoms with van der Waals surface area (Å²) in [5, 5.41) is 14.8. The summed E-state index contributed by atoms with van der Waals surface area (Å²) >= 11 is 0.912. The Morgan fingerprint density at radius 3 is 2.26 bits per heavy atom. The van der Waals surface area contributed by atoms with Gasteiger partial charge in [0.05, 0.1) is 6.54 Å². The third kappa shape index (κ3) is 9.84. The number of hydrogen-bond acceptors (Lipinski definition) is 8. The van der Waals surface area contributed by atoms with E-state index in [1.807, 2.05) is 78.9 Å². The molecule has 0 bridgehead atoms. The number of nitrogens with zero attached hydrogens (tertiary/aromatic N) is 1. The molecule has 0 aliphatic carbocycles.